The fraction of sp³-hybridized carbons (Fsp3) is 0.533. The van der Waals surface area contributed by atoms with Crippen LogP contribution in [0.25, 0.3) is 0 Å². The number of carbonyl (C=O) groups is 1. The summed E-state index contributed by atoms with van der Waals surface area (Å²) in [7, 11) is 0. The molecule has 1 fully saturated rings. The van der Waals surface area contributed by atoms with Gasteiger partial charge in [0.1, 0.15) is 5.82 Å². The molecule has 1 aromatic rings. The summed E-state index contributed by atoms with van der Waals surface area (Å²) in [6.45, 7) is 4.35. The monoisotopic (exact) mass is 281 g/mol. The Labute approximate surface area is 118 Å². The molecule has 1 unspecified atom stereocenters. The number of hydrogen-bond acceptors (Lipinski definition) is 3. The Bertz CT molecular complexity index is 421. The molecule has 0 amide bonds. The average molecular weight is 281 g/mol. The Hall–Kier alpha value is -0.870. The van der Waals surface area contributed by atoms with Crippen molar-refractivity contribution in [3.05, 3.63) is 35.6 Å². The summed E-state index contributed by atoms with van der Waals surface area (Å²) in [5, 5.41) is 0. The Morgan fingerprint density at radius 3 is 2.84 bits per heavy atom. The van der Waals surface area contributed by atoms with Crippen LogP contribution in [0.3, 0.4) is 0 Å². The molecule has 0 aromatic heterocycles. The SMILES string of the molecule is CC1CSCCN1CCCC(=O)c1ccc(F)cc1. The first kappa shape index (κ1) is 14.5. The third-order valence-corrected chi connectivity index (χ3v) is 4.71. The fourth-order valence-electron chi connectivity index (χ4n) is 2.32. The molecule has 0 aliphatic carbocycles. The van der Waals surface area contributed by atoms with Crippen LogP contribution in [0.4, 0.5) is 4.39 Å². The van der Waals surface area contributed by atoms with E-state index in [0.717, 1.165) is 19.5 Å². The second-order valence-corrected chi connectivity index (χ2v) is 6.14. The van der Waals surface area contributed by atoms with Gasteiger partial charge in [0.15, 0.2) is 5.78 Å². The zero-order valence-corrected chi connectivity index (χ0v) is 12.1. The van der Waals surface area contributed by atoms with Crippen molar-refractivity contribution in [1.29, 1.82) is 0 Å². The van der Waals surface area contributed by atoms with Gasteiger partial charge in [0, 0.05) is 36.1 Å². The molecule has 4 heteroatoms. The van der Waals surface area contributed by atoms with Gasteiger partial charge in [0.05, 0.1) is 0 Å². The van der Waals surface area contributed by atoms with Crippen molar-refractivity contribution in [3.63, 3.8) is 0 Å². The Kier molecular flexibility index (Phi) is 5.40. The first-order chi connectivity index (χ1) is 9.16. The summed E-state index contributed by atoms with van der Waals surface area (Å²) in [5.41, 5.74) is 0.614. The van der Waals surface area contributed by atoms with Gasteiger partial charge >= 0.3 is 0 Å². The van der Waals surface area contributed by atoms with Crippen LogP contribution in [0.1, 0.15) is 30.1 Å². The largest absolute Gasteiger partial charge is 0.299 e. The highest BCUT2D eigenvalue weighted by Crippen LogP contribution is 2.16. The smallest absolute Gasteiger partial charge is 0.162 e. The van der Waals surface area contributed by atoms with E-state index in [2.05, 4.69) is 11.8 Å². The summed E-state index contributed by atoms with van der Waals surface area (Å²) in [4.78, 5) is 14.4. The maximum absolute atomic E-state index is 12.8. The summed E-state index contributed by atoms with van der Waals surface area (Å²) in [6.07, 6.45) is 1.42. The van der Waals surface area contributed by atoms with Crippen molar-refractivity contribution >= 4 is 17.5 Å². The highest BCUT2D eigenvalue weighted by atomic mass is 32.2. The molecule has 104 valence electrons. The number of benzene rings is 1. The molecule has 0 N–H and O–H groups in total. The Morgan fingerprint density at radius 2 is 2.16 bits per heavy atom. The van der Waals surface area contributed by atoms with Crippen molar-refractivity contribution < 1.29 is 9.18 Å². The summed E-state index contributed by atoms with van der Waals surface area (Å²) < 4.78 is 12.8. The van der Waals surface area contributed by atoms with Gasteiger partial charge < -0.3 is 0 Å². The van der Waals surface area contributed by atoms with Crippen LogP contribution in [0.5, 0.6) is 0 Å². The highest BCUT2D eigenvalue weighted by molar-refractivity contribution is 7.99. The number of rotatable bonds is 5. The van der Waals surface area contributed by atoms with Gasteiger partial charge in [-0.1, -0.05) is 0 Å². The van der Waals surface area contributed by atoms with Crippen molar-refractivity contribution in [1.82, 2.24) is 4.90 Å². The molecule has 1 aromatic carbocycles. The van der Waals surface area contributed by atoms with Gasteiger partial charge in [-0.2, -0.15) is 11.8 Å². The molecule has 1 heterocycles. The molecule has 19 heavy (non-hydrogen) atoms. The van der Waals surface area contributed by atoms with Gasteiger partial charge in [-0.15, -0.1) is 0 Å². The van der Waals surface area contributed by atoms with E-state index in [4.69, 9.17) is 0 Å². The van der Waals surface area contributed by atoms with Gasteiger partial charge in [0.2, 0.25) is 0 Å². The van der Waals surface area contributed by atoms with Crippen LogP contribution < -0.4 is 0 Å². The van der Waals surface area contributed by atoms with Gasteiger partial charge in [-0.05, 0) is 44.2 Å². The van der Waals surface area contributed by atoms with Crippen LogP contribution in [-0.4, -0.2) is 41.3 Å². The maximum Gasteiger partial charge on any atom is 0.162 e. The zero-order valence-electron chi connectivity index (χ0n) is 11.3. The first-order valence-electron chi connectivity index (χ1n) is 6.77. The van der Waals surface area contributed by atoms with Crippen molar-refractivity contribution in [2.24, 2.45) is 0 Å². The summed E-state index contributed by atoms with van der Waals surface area (Å²) in [6, 6.07) is 6.43. The van der Waals surface area contributed by atoms with E-state index in [9.17, 15) is 9.18 Å². The van der Waals surface area contributed by atoms with Crippen LogP contribution in [0, 0.1) is 5.82 Å². The molecule has 1 saturated heterocycles. The average Bonchev–Trinajstić information content (AvgIpc) is 2.41. The molecular formula is C15H20FNOS. The predicted octanol–water partition coefficient (Wildman–Crippen LogP) is 3.23. The number of ketones is 1. The summed E-state index contributed by atoms with van der Waals surface area (Å²) >= 11 is 2.00. The predicted molar refractivity (Wildman–Crippen MR) is 78.3 cm³/mol. The van der Waals surface area contributed by atoms with Crippen molar-refractivity contribution in [3.8, 4) is 0 Å². The Morgan fingerprint density at radius 1 is 1.42 bits per heavy atom. The van der Waals surface area contributed by atoms with Crippen LogP contribution >= 0.6 is 11.8 Å². The fourth-order valence-corrected chi connectivity index (χ4v) is 3.40. The van der Waals surface area contributed by atoms with Gasteiger partial charge in [-0.3, -0.25) is 9.69 Å². The third kappa shape index (κ3) is 4.32. The number of carbonyl (C=O) groups excluding carboxylic acids is 1. The highest BCUT2D eigenvalue weighted by Gasteiger charge is 2.18. The van der Waals surface area contributed by atoms with Crippen LogP contribution in [0.2, 0.25) is 0 Å². The quantitative estimate of drug-likeness (QED) is 0.773. The van der Waals surface area contributed by atoms with E-state index in [0.29, 0.717) is 18.0 Å². The maximum atomic E-state index is 12.8. The van der Waals surface area contributed by atoms with E-state index in [1.807, 2.05) is 11.8 Å². The number of nitrogens with zero attached hydrogens (tertiary/aromatic N) is 1. The molecule has 2 nitrogen and oxygen atoms in total. The molecule has 1 aliphatic rings. The third-order valence-electron chi connectivity index (χ3n) is 3.52. The Balaban J connectivity index is 1.76. The normalized spacial score (nSPS) is 20.4. The van der Waals surface area contributed by atoms with Gasteiger partial charge in [0.25, 0.3) is 0 Å². The zero-order chi connectivity index (χ0) is 13.7. The standard InChI is InChI=1S/C15H20FNOS/c1-12-11-19-10-9-17(12)8-2-3-15(18)13-4-6-14(16)7-5-13/h4-7,12H,2-3,8-11H2,1H3. The molecular weight excluding hydrogens is 261 g/mol. The molecule has 0 bridgehead atoms. The van der Waals surface area contributed by atoms with E-state index in [1.54, 1.807) is 12.1 Å². The van der Waals surface area contributed by atoms with E-state index < -0.39 is 0 Å². The molecule has 0 saturated carbocycles. The molecule has 0 radical (unpaired) electrons. The minimum atomic E-state index is -0.295. The first-order valence-corrected chi connectivity index (χ1v) is 7.93. The number of Topliss-reactive ketones (excluding diaryl/α,β-unsaturated/α-hetero) is 1. The van der Waals surface area contributed by atoms with Crippen molar-refractivity contribution in [2.75, 3.05) is 24.6 Å². The lowest BCUT2D eigenvalue weighted by atomic mass is 10.1. The summed E-state index contributed by atoms with van der Waals surface area (Å²) in [5.74, 6) is 2.19. The lowest BCUT2D eigenvalue weighted by Gasteiger charge is -2.32. The molecule has 2 rings (SSSR count). The van der Waals surface area contributed by atoms with Crippen LogP contribution in [0.15, 0.2) is 24.3 Å². The molecule has 0 spiro atoms. The van der Waals surface area contributed by atoms with E-state index in [1.165, 1.54) is 23.6 Å². The van der Waals surface area contributed by atoms with Crippen LogP contribution in [-0.2, 0) is 0 Å². The number of thioether (sulfide) groups is 1. The van der Waals surface area contributed by atoms with E-state index in [-0.39, 0.29) is 11.6 Å². The van der Waals surface area contributed by atoms with Crippen molar-refractivity contribution in [2.45, 2.75) is 25.8 Å². The molecule has 1 atom stereocenters. The minimum Gasteiger partial charge on any atom is -0.299 e. The van der Waals surface area contributed by atoms with E-state index >= 15 is 0 Å². The molecule has 1 aliphatic heterocycles. The second kappa shape index (κ2) is 7.06. The topological polar surface area (TPSA) is 20.3 Å². The minimum absolute atomic E-state index is 0.110. The lowest BCUT2D eigenvalue weighted by Crippen LogP contribution is -2.40. The lowest BCUT2D eigenvalue weighted by molar-refractivity contribution is 0.0972. The number of hydrogen-bond donors (Lipinski definition) is 0. The second-order valence-electron chi connectivity index (χ2n) is 4.99. The number of halogens is 1. The van der Waals surface area contributed by atoms with Gasteiger partial charge in [-0.25, -0.2) is 4.39 Å².